The van der Waals surface area contributed by atoms with E-state index < -0.39 is 23.2 Å². The zero-order chi connectivity index (χ0) is 19.5. The van der Waals surface area contributed by atoms with Crippen LogP contribution in [0.2, 0.25) is 0 Å². The van der Waals surface area contributed by atoms with E-state index in [1.165, 1.54) is 22.3 Å². The van der Waals surface area contributed by atoms with Crippen LogP contribution >= 0.6 is 11.3 Å². The second-order valence-corrected chi connectivity index (χ2v) is 8.27. The van der Waals surface area contributed by atoms with Crippen LogP contribution in [-0.2, 0) is 14.3 Å². The molecule has 1 saturated heterocycles. The smallest absolute Gasteiger partial charge is 0.408 e. The van der Waals surface area contributed by atoms with Crippen LogP contribution in [0.5, 0.6) is 0 Å². The van der Waals surface area contributed by atoms with E-state index in [9.17, 15) is 19.5 Å². The highest BCUT2D eigenvalue weighted by molar-refractivity contribution is 7.11. The summed E-state index contributed by atoms with van der Waals surface area (Å²) >= 11 is 1.53. The number of carbonyl (C=O) groups is 3. The summed E-state index contributed by atoms with van der Waals surface area (Å²) in [5.74, 6) is -1.47. The van der Waals surface area contributed by atoms with Crippen molar-refractivity contribution in [3.05, 3.63) is 28.0 Å². The zero-order valence-electron chi connectivity index (χ0n) is 15.4. The summed E-state index contributed by atoms with van der Waals surface area (Å²) < 4.78 is 5.15. The molecule has 0 spiro atoms. The number of thiophene rings is 1. The highest BCUT2D eigenvalue weighted by Crippen LogP contribution is 2.24. The van der Waals surface area contributed by atoms with Crippen LogP contribution in [0.3, 0.4) is 0 Å². The molecule has 26 heavy (non-hydrogen) atoms. The molecule has 1 fully saturated rings. The molecule has 0 bridgehead atoms. The number of hydrogen-bond acceptors (Lipinski definition) is 5. The maximum Gasteiger partial charge on any atom is 0.408 e. The average Bonchev–Trinajstić information content (AvgIpc) is 3.10. The molecule has 0 saturated carbocycles. The molecular weight excluding hydrogens is 356 g/mol. The van der Waals surface area contributed by atoms with Crippen molar-refractivity contribution < 1.29 is 24.2 Å². The quantitative estimate of drug-likeness (QED) is 0.783. The molecule has 1 unspecified atom stereocenters. The maximum absolute atomic E-state index is 12.4. The van der Waals surface area contributed by atoms with E-state index in [0.717, 1.165) is 10.4 Å². The number of carboxylic acids is 1. The third-order valence-electron chi connectivity index (χ3n) is 4.01. The zero-order valence-corrected chi connectivity index (χ0v) is 16.2. The number of amides is 2. The molecule has 0 aliphatic carbocycles. The summed E-state index contributed by atoms with van der Waals surface area (Å²) in [5, 5.41) is 14.0. The van der Waals surface area contributed by atoms with Gasteiger partial charge in [-0.25, -0.2) is 9.59 Å². The van der Waals surface area contributed by atoms with Gasteiger partial charge in [-0.05, 0) is 50.8 Å². The maximum atomic E-state index is 12.4. The fraction of sp³-hybridized carbons (Fsp3) is 0.500. The van der Waals surface area contributed by atoms with Gasteiger partial charge in [0.25, 0.3) is 0 Å². The molecule has 8 heteroatoms. The molecule has 142 valence electrons. The summed E-state index contributed by atoms with van der Waals surface area (Å²) in [4.78, 5) is 38.5. The Balaban J connectivity index is 2.05. The number of nitrogens with one attached hydrogen (secondary N) is 1. The van der Waals surface area contributed by atoms with E-state index >= 15 is 0 Å². The van der Waals surface area contributed by atoms with Crippen LogP contribution in [0.1, 0.15) is 37.6 Å². The first-order valence-corrected chi connectivity index (χ1v) is 9.16. The molecule has 2 amide bonds. The highest BCUT2D eigenvalue weighted by Gasteiger charge is 2.48. The van der Waals surface area contributed by atoms with E-state index in [4.69, 9.17) is 4.74 Å². The van der Waals surface area contributed by atoms with Gasteiger partial charge >= 0.3 is 12.1 Å². The van der Waals surface area contributed by atoms with E-state index in [1.807, 2.05) is 18.4 Å². The molecular formula is C18H24N2O5S. The summed E-state index contributed by atoms with van der Waals surface area (Å²) in [6.07, 6.45) is 2.48. The monoisotopic (exact) mass is 380 g/mol. The molecule has 1 aromatic rings. The van der Waals surface area contributed by atoms with Gasteiger partial charge in [0, 0.05) is 23.9 Å². The van der Waals surface area contributed by atoms with E-state index in [-0.39, 0.29) is 25.4 Å². The van der Waals surface area contributed by atoms with Crippen molar-refractivity contribution in [2.24, 2.45) is 0 Å². The Morgan fingerprint density at radius 3 is 2.62 bits per heavy atom. The lowest BCUT2D eigenvalue weighted by Gasteiger charge is -2.28. The first kappa shape index (κ1) is 20.0. The normalized spacial score (nSPS) is 20.4. The number of carboxylic acid groups (broad SMARTS) is 1. The van der Waals surface area contributed by atoms with E-state index in [0.29, 0.717) is 0 Å². The highest BCUT2D eigenvalue weighted by atomic mass is 32.1. The predicted octanol–water partition coefficient (Wildman–Crippen LogP) is 2.65. The van der Waals surface area contributed by atoms with Crippen LogP contribution in [0.25, 0.3) is 6.08 Å². The number of aliphatic carboxylic acids is 1. The van der Waals surface area contributed by atoms with Crippen molar-refractivity contribution in [3.63, 3.8) is 0 Å². The predicted molar refractivity (Wildman–Crippen MR) is 99.0 cm³/mol. The SMILES string of the molecule is Cc1ccsc1/C=C/C(=O)N1CCC(NC(=O)OC(C)(C)C)(C(=O)O)C1. The van der Waals surface area contributed by atoms with Gasteiger partial charge in [-0.15, -0.1) is 11.3 Å². The number of hydrogen-bond donors (Lipinski definition) is 2. The number of likely N-dealkylation sites (tertiary alicyclic amines) is 1. The first-order valence-electron chi connectivity index (χ1n) is 8.28. The van der Waals surface area contributed by atoms with E-state index in [1.54, 1.807) is 26.8 Å². The van der Waals surface area contributed by atoms with Gasteiger partial charge in [-0.2, -0.15) is 0 Å². The van der Waals surface area contributed by atoms with Gasteiger partial charge in [0.05, 0.1) is 6.54 Å². The number of rotatable bonds is 4. The Bertz CT molecular complexity index is 734. The van der Waals surface area contributed by atoms with Crippen LogP contribution in [0.4, 0.5) is 4.79 Å². The lowest BCUT2D eigenvalue weighted by Crippen LogP contribution is -2.57. The van der Waals surface area contributed by atoms with Gasteiger partial charge in [-0.1, -0.05) is 0 Å². The number of alkyl carbamates (subject to hydrolysis) is 1. The molecule has 1 aromatic heterocycles. The summed E-state index contributed by atoms with van der Waals surface area (Å²) in [5.41, 5.74) is -1.20. The Morgan fingerprint density at radius 1 is 1.38 bits per heavy atom. The summed E-state index contributed by atoms with van der Waals surface area (Å²) in [6.45, 7) is 7.19. The number of ether oxygens (including phenoxy) is 1. The topological polar surface area (TPSA) is 95.9 Å². The molecule has 2 heterocycles. The Kier molecular flexibility index (Phi) is 5.75. The van der Waals surface area contributed by atoms with Crippen LogP contribution < -0.4 is 5.32 Å². The largest absolute Gasteiger partial charge is 0.479 e. The van der Waals surface area contributed by atoms with Crippen molar-refractivity contribution in [2.75, 3.05) is 13.1 Å². The van der Waals surface area contributed by atoms with Crippen molar-refractivity contribution in [2.45, 2.75) is 45.3 Å². The van der Waals surface area contributed by atoms with Gasteiger partial charge in [0.15, 0.2) is 5.54 Å². The van der Waals surface area contributed by atoms with Crippen molar-refractivity contribution >= 4 is 35.4 Å². The second-order valence-electron chi connectivity index (χ2n) is 7.33. The fourth-order valence-corrected chi connectivity index (χ4v) is 3.45. The van der Waals surface area contributed by atoms with Crippen LogP contribution in [0, 0.1) is 6.92 Å². The minimum atomic E-state index is -1.54. The standard InChI is InChI=1S/C18H24N2O5S/c1-12-7-10-26-13(12)5-6-14(21)20-9-8-18(11-20,15(22)23)19-16(24)25-17(2,3)4/h5-7,10H,8-9,11H2,1-4H3,(H,19,24)(H,22,23)/b6-5+. The molecule has 1 aliphatic rings. The van der Waals surface area contributed by atoms with Gasteiger partial charge < -0.3 is 20.1 Å². The summed E-state index contributed by atoms with van der Waals surface area (Å²) in [7, 11) is 0. The van der Waals surface area contributed by atoms with Gasteiger partial charge in [0.1, 0.15) is 5.60 Å². The van der Waals surface area contributed by atoms with Crippen molar-refractivity contribution in [3.8, 4) is 0 Å². The number of aryl methyl sites for hydroxylation is 1. The van der Waals surface area contributed by atoms with Crippen molar-refractivity contribution in [1.29, 1.82) is 0 Å². The molecule has 7 nitrogen and oxygen atoms in total. The van der Waals surface area contributed by atoms with Crippen LogP contribution in [-0.4, -0.2) is 52.2 Å². The van der Waals surface area contributed by atoms with Gasteiger partial charge in [0.2, 0.25) is 5.91 Å². The Hall–Kier alpha value is -2.35. The number of carbonyl (C=O) groups excluding carboxylic acids is 2. The lowest BCUT2D eigenvalue weighted by molar-refractivity contribution is -0.144. The average molecular weight is 380 g/mol. The molecule has 0 aromatic carbocycles. The first-order chi connectivity index (χ1) is 12.0. The minimum absolute atomic E-state index is 0.103. The molecule has 2 N–H and O–H groups in total. The molecule has 1 atom stereocenters. The minimum Gasteiger partial charge on any atom is -0.479 e. The summed E-state index contributed by atoms with van der Waals surface area (Å²) in [6, 6.07) is 1.96. The second kappa shape index (κ2) is 7.49. The third-order valence-corrected chi connectivity index (χ3v) is 4.99. The van der Waals surface area contributed by atoms with Crippen LogP contribution in [0.15, 0.2) is 17.5 Å². The third kappa shape index (κ3) is 4.85. The molecule has 1 aliphatic heterocycles. The molecule has 2 rings (SSSR count). The lowest BCUT2D eigenvalue weighted by atomic mass is 9.99. The van der Waals surface area contributed by atoms with E-state index in [2.05, 4.69) is 5.32 Å². The number of nitrogens with zero attached hydrogens (tertiary/aromatic N) is 1. The molecule has 0 radical (unpaired) electrons. The Morgan fingerprint density at radius 2 is 2.08 bits per heavy atom. The Labute approximate surface area is 156 Å². The van der Waals surface area contributed by atoms with Crippen molar-refractivity contribution in [1.82, 2.24) is 10.2 Å². The van der Waals surface area contributed by atoms with Gasteiger partial charge in [-0.3, -0.25) is 4.79 Å². The fourth-order valence-electron chi connectivity index (χ4n) is 2.63.